The van der Waals surface area contributed by atoms with Crippen LogP contribution in [0, 0.1) is 0 Å². The number of rotatable bonds is 4. The molecule has 1 heterocycles. The third-order valence-corrected chi connectivity index (χ3v) is 5.77. The minimum Gasteiger partial charge on any atom is -0.508 e. The number of benzene rings is 3. The van der Waals surface area contributed by atoms with Crippen molar-refractivity contribution in [2.45, 2.75) is 32.0 Å². The van der Waals surface area contributed by atoms with Crippen LogP contribution in [0.15, 0.2) is 71.7 Å². The fraction of sp³-hybridized carbons (Fsp3) is 0.208. The lowest BCUT2D eigenvalue weighted by Gasteiger charge is -2.31. The molecular weight excluding hydrogens is 403 g/mol. The second-order valence-electron chi connectivity index (χ2n) is 7.21. The summed E-state index contributed by atoms with van der Waals surface area (Å²) in [6.07, 6.45) is 1.41. The molecule has 2 atom stereocenters. The van der Waals surface area contributed by atoms with E-state index >= 15 is 0 Å². The number of aromatic hydroxyl groups is 1. The highest BCUT2D eigenvalue weighted by atomic mass is 35.5. The summed E-state index contributed by atoms with van der Waals surface area (Å²) in [5, 5.41) is 15.3. The van der Waals surface area contributed by atoms with Crippen molar-refractivity contribution in [1.82, 2.24) is 5.32 Å². The number of aliphatic imine (C=N–C) groups is 1. The maximum atomic E-state index is 10.4. The highest BCUT2D eigenvalue weighted by molar-refractivity contribution is 6.30. The lowest BCUT2D eigenvalue weighted by atomic mass is 9.93. The van der Waals surface area contributed by atoms with E-state index in [0.29, 0.717) is 16.5 Å². The van der Waals surface area contributed by atoms with Crippen molar-refractivity contribution in [3.8, 4) is 5.75 Å². The van der Waals surface area contributed by atoms with Crippen LogP contribution in [0.4, 0.5) is 0 Å². The zero-order valence-corrected chi connectivity index (χ0v) is 17.6. The fourth-order valence-electron chi connectivity index (χ4n) is 3.63. The Morgan fingerprint density at radius 2 is 1.66 bits per heavy atom. The van der Waals surface area contributed by atoms with E-state index in [2.05, 4.69) is 36.5 Å². The zero-order valence-electron chi connectivity index (χ0n) is 16.1. The van der Waals surface area contributed by atoms with Crippen molar-refractivity contribution in [2.24, 2.45) is 4.99 Å². The lowest BCUT2D eigenvalue weighted by Crippen LogP contribution is -2.33. The van der Waals surface area contributed by atoms with Gasteiger partial charge in [0.05, 0.1) is 0 Å². The normalized spacial score (nSPS) is 19.1. The molecule has 2 N–H and O–H groups in total. The minimum atomic E-state index is -0.245. The average molecular weight is 425 g/mol. The van der Waals surface area contributed by atoms with Crippen LogP contribution in [0.2, 0.25) is 10.0 Å². The van der Waals surface area contributed by atoms with Gasteiger partial charge < -0.3 is 5.11 Å². The van der Waals surface area contributed by atoms with Gasteiger partial charge in [-0.05, 0) is 53.4 Å². The Balaban J connectivity index is 1.75. The molecule has 1 aliphatic rings. The van der Waals surface area contributed by atoms with Gasteiger partial charge in [-0.25, -0.2) is 0 Å². The first-order valence-electron chi connectivity index (χ1n) is 9.69. The Kier molecular flexibility index (Phi) is 5.91. The number of halogens is 2. The molecule has 0 aromatic heterocycles. The molecule has 3 aromatic rings. The SMILES string of the molecule is CCc1ccc(C2=N[C@@H](c3ccc(Cl)cc3)N[C@@H](c3cc(Cl)ccc3O)C2)cc1. The van der Waals surface area contributed by atoms with Gasteiger partial charge in [-0.1, -0.05) is 66.5 Å². The lowest BCUT2D eigenvalue weighted by molar-refractivity contribution is 0.413. The molecule has 29 heavy (non-hydrogen) atoms. The smallest absolute Gasteiger partial charge is 0.126 e. The molecule has 0 saturated carbocycles. The average Bonchev–Trinajstić information content (AvgIpc) is 2.75. The highest BCUT2D eigenvalue weighted by Gasteiger charge is 2.27. The van der Waals surface area contributed by atoms with Crippen LogP contribution >= 0.6 is 23.2 Å². The molecule has 0 spiro atoms. The first-order chi connectivity index (χ1) is 14.0. The predicted octanol–water partition coefficient (Wildman–Crippen LogP) is 6.48. The van der Waals surface area contributed by atoms with Crippen molar-refractivity contribution in [2.75, 3.05) is 0 Å². The Bertz CT molecular complexity index is 1030. The quantitative estimate of drug-likeness (QED) is 0.502. The molecule has 3 aromatic carbocycles. The van der Waals surface area contributed by atoms with Crippen LogP contribution in [0.25, 0.3) is 0 Å². The van der Waals surface area contributed by atoms with Crippen LogP contribution in [0.3, 0.4) is 0 Å². The summed E-state index contributed by atoms with van der Waals surface area (Å²) in [5.41, 5.74) is 5.17. The van der Waals surface area contributed by atoms with Gasteiger partial charge in [-0.15, -0.1) is 0 Å². The largest absolute Gasteiger partial charge is 0.508 e. The van der Waals surface area contributed by atoms with E-state index in [0.717, 1.165) is 28.8 Å². The van der Waals surface area contributed by atoms with Gasteiger partial charge in [0, 0.05) is 33.8 Å². The van der Waals surface area contributed by atoms with Gasteiger partial charge in [-0.3, -0.25) is 10.3 Å². The van der Waals surface area contributed by atoms with Crippen molar-refractivity contribution >= 4 is 28.9 Å². The summed E-state index contributed by atoms with van der Waals surface area (Å²) in [7, 11) is 0. The minimum absolute atomic E-state index is 0.118. The van der Waals surface area contributed by atoms with Crippen LogP contribution in [-0.2, 0) is 6.42 Å². The van der Waals surface area contributed by atoms with Crippen LogP contribution in [-0.4, -0.2) is 10.8 Å². The standard InChI is InChI=1S/C24H22Cl2N2O/c1-2-15-3-5-16(6-4-15)21-14-22(20-13-19(26)11-12-23(20)29)28-24(27-21)17-7-9-18(25)10-8-17/h3-13,22,24,28-29H,2,14H2,1H3/t22-,24-/m1/s1. The maximum absolute atomic E-state index is 10.4. The first-order valence-corrected chi connectivity index (χ1v) is 10.4. The van der Waals surface area contributed by atoms with Gasteiger partial charge in [0.15, 0.2) is 0 Å². The summed E-state index contributed by atoms with van der Waals surface area (Å²) in [5.74, 6) is 0.226. The fourth-order valence-corrected chi connectivity index (χ4v) is 3.94. The van der Waals surface area contributed by atoms with Crippen LogP contribution in [0.1, 0.15) is 47.8 Å². The molecule has 0 saturated heterocycles. The number of aryl methyl sites for hydroxylation is 1. The second kappa shape index (κ2) is 8.58. The molecule has 3 nitrogen and oxygen atoms in total. The van der Waals surface area contributed by atoms with Gasteiger partial charge in [0.25, 0.3) is 0 Å². The van der Waals surface area contributed by atoms with Gasteiger partial charge >= 0.3 is 0 Å². The molecule has 0 unspecified atom stereocenters. The number of hydrogen-bond acceptors (Lipinski definition) is 3. The van der Waals surface area contributed by atoms with E-state index in [4.69, 9.17) is 28.2 Å². The number of phenolic OH excluding ortho intramolecular Hbond substituents is 1. The monoisotopic (exact) mass is 424 g/mol. The second-order valence-corrected chi connectivity index (χ2v) is 8.08. The molecule has 0 amide bonds. The Labute approximate surface area is 181 Å². The summed E-state index contributed by atoms with van der Waals surface area (Å²) < 4.78 is 0. The summed E-state index contributed by atoms with van der Waals surface area (Å²) in [4.78, 5) is 4.98. The molecular formula is C24H22Cl2N2O. The van der Waals surface area contributed by atoms with Crippen molar-refractivity contribution in [1.29, 1.82) is 0 Å². The Morgan fingerprint density at radius 3 is 2.34 bits per heavy atom. The Hall–Kier alpha value is -2.33. The van der Waals surface area contributed by atoms with Crippen molar-refractivity contribution in [3.05, 3.63) is 99.0 Å². The number of hydrogen-bond donors (Lipinski definition) is 2. The maximum Gasteiger partial charge on any atom is 0.126 e. The van der Waals surface area contributed by atoms with Crippen molar-refractivity contribution in [3.63, 3.8) is 0 Å². The molecule has 0 radical (unpaired) electrons. The van der Waals surface area contributed by atoms with Crippen molar-refractivity contribution < 1.29 is 5.11 Å². The topological polar surface area (TPSA) is 44.6 Å². The molecule has 148 valence electrons. The van der Waals surface area contributed by atoms with E-state index in [1.54, 1.807) is 12.1 Å². The van der Waals surface area contributed by atoms with E-state index in [1.165, 1.54) is 5.56 Å². The molecule has 1 aliphatic heterocycles. The number of nitrogens with zero attached hydrogens (tertiary/aromatic N) is 1. The highest BCUT2D eigenvalue weighted by Crippen LogP contribution is 2.36. The molecule has 5 heteroatoms. The molecule has 0 fully saturated rings. The van der Waals surface area contributed by atoms with Gasteiger partial charge in [-0.2, -0.15) is 0 Å². The van der Waals surface area contributed by atoms with E-state index in [9.17, 15) is 5.11 Å². The van der Waals surface area contributed by atoms with Gasteiger partial charge in [0.1, 0.15) is 11.9 Å². The van der Waals surface area contributed by atoms with E-state index < -0.39 is 0 Å². The summed E-state index contributed by atoms with van der Waals surface area (Å²) in [6.45, 7) is 2.14. The Morgan fingerprint density at radius 1 is 0.966 bits per heavy atom. The molecule has 0 bridgehead atoms. The van der Waals surface area contributed by atoms with E-state index in [1.807, 2.05) is 30.3 Å². The predicted molar refractivity (Wildman–Crippen MR) is 120 cm³/mol. The third kappa shape index (κ3) is 4.48. The van der Waals surface area contributed by atoms with Crippen LogP contribution < -0.4 is 5.32 Å². The number of nitrogens with one attached hydrogen (secondary N) is 1. The molecule has 0 aliphatic carbocycles. The third-order valence-electron chi connectivity index (χ3n) is 5.29. The molecule has 4 rings (SSSR count). The van der Waals surface area contributed by atoms with Crippen LogP contribution in [0.5, 0.6) is 5.75 Å². The van der Waals surface area contributed by atoms with Gasteiger partial charge in [0.2, 0.25) is 0 Å². The first kappa shape index (κ1) is 20.0. The summed E-state index contributed by atoms with van der Waals surface area (Å²) in [6, 6.07) is 21.2. The zero-order chi connectivity index (χ0) is 20.4. The van der Waals surface area contributed by atoms with E-state index in [-0.39, 0.29) is 18.0 Å². The summed E-state index contributed by atoms with van der Waals surface area (Å²) >= 11 is 12.3. The number of phenols is 1.